The smallest absolute Gasteiger partial charge is 0.246 e. The van der Waals surface area contributed by atoms with Gasteiger partial charge in [0.2, 0.25) is 5.91 Å². The molecule has 0 saturated heterocycles. The molecule has 1 aliphatic carbocycles. The van der Waals surface area contributed by atoms with Crippen molar-refractivity contribution in [3.8, 4) is 0 Å². The van der Waals surface area contributed by atoms with E-state index in [9.17, 15) is 4.79 Å². The van der Waals surface area contributed by atoms with E-state index in [1.165, 1.54) is 12.8 Å². The number of carbonyl (C=O) groups excluding carboxylic acids is 1. The Hall–Kier alpha value is -1.39. The van der Waals surface area contributed by atoms with Crippen LogP contribution in [0.4, 0.5) is 0 Å². The maximum absolute atomic E-state index is 11.8. The number of amides is 1. The summed E-state index contributed by atoms with van der Waals surface area (Å²) >= 11 is 0. The fourth-order valence-electron chi connectivity index (χ4n) is 2.77. The highest BCUT2D eigenvalue weighted by Crippen LogP contribution is 2.25. The van der Waals surface area contributed by atoms with Crippen LogP contribution in [0, 0.1) is 5.92 Å². The molecule has 1 aromatic rings. The zero-order valence-corrected chi connectivity index (χ0v) is 12.8. The van der Waals surface area contributed by atoms with E-state index < -0.39 is 0 Å². The van der Waals surface area contributed by atoms with E-state index in [1.54, 1.807) is 0 Å². The SMILES string of the molecule is CC1CCCC(OCC(=O)NCc2ccc(CN)cc2)C1. The van der Waals surface area contributed by atoms with Crippen LogP contribution in [0.1, 0.15) is 43.7 Å². The Morgan fingerprint density at radius 1 is 1.29 bits per heavy atom. The van der Waals surface area contributed by atoms with Gasteiger partial charge in [-0.05, 0) is 29.9 Å². The largest absolute Gasteiger partial charge is 0.368 e. The minimum atomic E-state index is -0.0453. The van der Waals surface area contributed by atoms with Crippen LogP contribution in [0.15, 0.2) is 24.3 Å². The van der Waals surface area contributed by atoms with Gasteiger partial charge in [-0.3, -0.25) is 4.79 Å². The molecule has 1 fully saturated rings. The molecule has 2 rings (SSSR count). The summed E-state index contributed by atoms with van der Waals surface area (Å²) in [6, 6.07) is 7.96. The summed E-state index contributed by atoms with van der Waals surface area (Å²) in [6.07, 6.45) is 4.90. The molecule has 4 heteroatoms. The highest BCUT2D eigenvalue weighted by Gasteiger charge is 2.19. The first-order chi connectivity index (χ1) is 10.2. The maximum Gasteiger partial charge on any atom is 0.246 e. The predicted molar refractivity (Wildman–Crippen MR) is 83.6 cm³/mol. The quantitative estimate of drug-likeness (QED) is 0.845. The highest BCUT2D eigenvalue weighted by atomic mass is 16.5. The van der Waals surface area contributed by atoms with Gasteiger partial charge in [0.15, 0.2) is 0 Å². The van der Waals surface area contributed by atoms with Gasteiger partial charge < -0.3 is 15.8 Å². The fraction of sp³-hybridized carbons (Fsp3) is 0.588. The van der Waals surface area contributed by atoms with Crippen LogP contribution >= 0.6 is 0 Å². The molecule has 0 spiro atoms. The number of ether oxygens (including phenoxy) is 1. The summed E-state index contributed by atoms with van der Waals surface area (Å²) in [4.78, 5) is 11.8. The molecule has 0 aromatic heterocycles. The lowest BCUT2D eigenvalue weighted by Crippen LogP contribution is -2.31. The standard InChI is InChI=1S/C17H26N2O2/c1-13-3-2-4-16(9-13)21-12-17(20)19-11-15-7-5-14(10-18)6-8-15/h5-8,13,16H,2-4,9-12,18H2,1H3,(H,19,20). The van der Waals surface area contributed by atoms with E-state index in [0.717, 1.165) is 24.0 Å². The Morgan fingerprint density at radius 3 is 2.67 bits per heavy atom. The summed E-state index contributed by atoms with van der Waals surface area (Å²) in [5.41, 5.74) is 7.73. The van der Waals surface area contributed by atoms with Crippen molar-refractivity contribution in [3.63, 3.8) is 0 Å². The molecule has 1 amide bonds. The topological polar surface area (TPSA) is 64.3 Å². The third kappa shape index (κ3) is 5.48. The van der Waals surface area contributed by atoms with Gasteiger partial charge in [-0.1, -0.05) is 44.0 Å². The minimum Gasteiger partial charge on any atom is -0.368 e. The molecular formula is C17H26N2O2. The van der Waals surface area contributed by atoms with Crippen molar-refractivity contribution >= 4 is 5.91 Å². The first-order valence-electron chi connectivity index (χ1n) is 7.83. The number of benzene rings is 1. The van der Waals surface area contributed by atoms with Gasteiger partial charge in [-0.2, -0.15) is 0 Å². The van der Waals surface area contributed by atoms with E-state index in [0.29, 0.717) is 19.0 Å². The van der Waals surface area contributed by atoms with E-state index in [-0.39, 0.29) is 18.6 Å². The Labute approximate surface area is 127 Å². The number of hydrogen-bond acceptors (Lipinski definition) is 3. The monoisotopic (exact) mass is 290 g/mol. The lowest BCUT2D eigenvalue weighted by Gasteiger charge is -2.26. The molecule has 1 aromatic carbocycles. The molecule has 0 heterocycles. The summed E-state index contributed by atoms with van der Waals surface area (Å²) in [6.45, 7) is 3.49. The van der Waals surface area contributed by atoms with Crippen LogP contribution in [0.3, 0.4) is 0 Å². The molecule has 21 heavy (non-hydrogen) atoms. The molecule has 0 bridgehead atoms. The van der Waals surface area contributed by atoms with Crippen LogP contribution in [-0.2, 0) is 22.6 Å². The zero-order valence-electron chi connectivity index (χ0n) is 12.8. The Kier molecular flexibility index (Phi) is 6.21. The van der Waals surface area contributed by atoms with Crippen molar-refractivity contribution in [1.29, 1.82) is 0 Å². The highest BCUT2D eigenvalue weighted by molar-refractivity contribution is 5.77. The second-order valence-electron chi connectivity index (χ2n) is 6.00. The minimum absolute atomic E-state index is 0.0453. The average molecular weight is 290 g/mol. The second kappa shape index (κ2) is 8.15. The van der Waals surface area contributed by atoms with Gasteiger partial charge in [-0.15, -0.1) is 0 Å². The van der Waals surface area contributed by atoms with Gasteiger partial charge in [0.1, 0.15) is 6.61 Å². The number of nitrogens with one attached hydrogen (secondary N) is 1. The van der Waals surface area contributed by atoms with E-state index in [1.807, 2.05) is 24.3 Å². The third-order valence-electron chi connectivity index (χ3n) is 4.09. The number of carbonyl (C=O) groups is 1. The van der Waals surface area contributed by atoms with Gasteiger partial charge in [0.05, 0.1) is 6.10 Å². The fourth-order valence-corrected chi connectivity index (χ4v) is 2.77. The van der Waals surface area contributed by atoms with Crippen LogP contribution in [0.25, 0.3) is 0 Å². The Bertz CT molecular complexity index is 445. The van der Waals surface area contributed by atoms with Gasteiger partial charge in [0, 0.05) is 13.1 Å². The zero-order chi connectivity index (χ0) is 15.1. The van der Waals surface area contributed by atoms with Crippen molar-refractivity contribution in [2.24, 2.45) is 11.7 Å². The normalized spacial score (nSPS) is 22.0. The van der Waals surface area contributed by atoms with Crippen molar-refractivity contribution in [2.45, 2.75) is 51.8 Å². The van der Waals surface area contributed by atoms with Crippen molar-refractivity contribution in [3.05, 3.63) is 35.4 Å². The van der Waals surface area contributed by atoms with E-state index in [2.05, 4.69) is 12.2 Å². The van der Waals surface area contributed by atoms with Crippen LogP contribution in [0.2, 0.25) is 0 Å². The molecule has 1 aliphatic rings. The summed E-state index contributed by atoms with van der Waals surface area (Å²) in [5.74, 6) is 0.670. The molecule has 1 saturated carbocycles. The van der Waals surface area contributed by atoms with Crippen molar-refractivity contribution in [1.82, 2.24) is 5.32 Å². The lowest BCUT2D eigenvalue weighted by molar-refractivity contribution is -0.128. The number of hydrogen-bond donors (Lipinski definition) is 2. The van der Waals surface area contributed by atoms with Gasteiger partial charge in [0.25, 0.3) is 0 Å². The molecule has 2 unspecified atom stereocenters. The first-order valence-corrected chi connectivity index (χ1v) is 7.83. The van der Waals surface area contributed by atoms with Crippen LogP contribution in [-0.4, -0.2) is 18.6 Å². The number of nitrogens with two attached hydrogens (primary N) is 1. The molecular weight excluding hydrogens is 264 g/mol. The first kappa shape index (κ1) is 16.0. The lowest BCUT2D eigenvalue weighted by atomic mass is 9.89. The molecule has 0 aliphatic heterocycles. The van der Waals surface area contributed by atoms with E-state index >= 15 is 0 Å². The van der Waals surface area contributed by atoms with Gasteiger partial charge in [-0.25, -0.2) is 0 Å². The summed E-state index contributed by atoms with van der Waals surface area (Å²) in [5, 5.41) is 2.89. The molecule has 4 nitrogen and oxygen atoms in total. The second-order valence-corrected chi connectivity index (χ2v) is 6.00. The van der Waals surface area contributed by atoms with Crippen molar-refractivity contribution < 1.29 is 9.53 Å². The summed E-state index contributed by atoms with van der Waals surface area (Å²) < 4.78 is 5.71. The summed E-state index contributed by atoms with van der Waals surface area (Å²) in [7, 11) is 0. The van der Waals surface area contributed by atoms with Crippen molar-refractivity contribution in [2.75, 3.05) is 6.61 Å². The Morgan fingerprint density at radius 2 is 2.00 bits per heavy atom. The molecule has 2 atom stereocenters. The molecule has 0 radical (unpaired) electrons. The van der Waals surface area contributed by atoms with Crippen LogP contribution < -0.4 is 11.1 Å². The maximum atomic E-state index is 11.8. The third-order valence-corrected chi connectivity index (χ3v) is 4.09. The van der Waals surface area contributed by atoms with Crippen LogP contribution in [0.5, 0.6) is 0 Å². The predicted octanol–water partition coefficient (Wildman–Crippen LogP) is 2.36. The van der Waals surface area contributed by atoms with Gasteiger partial charge >= 0.3 is 0 Å². The Balaban J connectivity index is 1.67. The van der Waals surface area contributed by atoms with E-state index in [4.69, 9.17) is 10.5 Å². The molecule has 3 N–H and O–H groups in total. The number of rotatable bonds is 6. The average Bonchev–Trinajstić information content (AvgIpc) is 2.51. The molecule has 116 valence electrons.